The van der Waals surface area contributed by atoms with Crippen molar-refractivity contribution in [3.63, 3.8) is 0 Å². The standard InChI is InChI=1S/C11H12BrFN2O/c1-15(4-5-16)11(7-14)9-6-8(12)2-3-10(9)13/h2-3,6,11,16H,4-5H2,1H3. The highest BCUT2D eigenvalue weighted by atomic mass is 79.9. The molecule has 0 saturated heterocycles. The van der Waals surface area contributed by atoms with E-state index in [1.54, 1.807) is 24.1 Å². The van der Waals surface area contributed by atoms with E-state index in [2.05, 4.69) is 15.9 Å². The van der Waals surface area contributed by atoms with E-state index in [9.17, 15) is 4.39 Å². The Morgan fingerprint density at radius 2 is 2.31 bits per heavy atom. The van der Waals surface area contributed by atoms with Gasteiger partial charge in [0.2, 0.25) is 0 Å². The van der Waals surface area contributed by atoms with Crippen LogP contribution in [0.4, 0.5) is 4.39 Å². The summed E-state index contributed by atoms with van der Waals surface area (Å²) in [5, 5.41) is 17.8. The molecule has 16 heavy (non-hydrogen) atoms. The summed E-state index contributed by atoms with van der Waals surface area (Å²) in [4.78, 5) is 1.60. The van der Waals surface area contributed by atoms with Gasteiger partial charge in [0, 0.05) is 16.6 Å². The molecule has 3 nitrogen and oxygen atoms in total. The molecule has 0 fully saturated rings. The molecular weight excluding hydrogens is 275 g/mol. The average Bonchev–Trinajstić information content (AvgIpc) is 2.24. The molecule has 0 amide bonds. The van der Waals surface area contributed by atoms with Crippen molar-refractivity contribution in [1.82, 2.24) is 4.90 Å². The number of aliphatic hydroxyl groups excluding tert-OH is 1. The van der Waals surface area contributed by atoms with Crippen LogP contribution in [0.3, 0.4) is 0 Å². The van der Waals surface area contributed by atoms with Crippen LogP contribution in [0.2, 0.25) is 0 Å². The maximum atomic E-state index is 13.5. The fourth-order valence-corrected chi connectivity index (χ4v) is 1.80. The third-order valence-electron chi connectivity index (χ3n) is 2.27. The van der Waals surface area contributed by atoms with Gasteiger partial charge in [0.05, 0.1) is 12.7 Å². The third kappa shape index (κ3) is 3.01. The summed E-state index contributed by atoms with van der Waals surface area (Å²) in [7, 11) is 1.67. The number of nitrogens with zero attached hydrogens (tertiary/aromatic N) is 2. The molecular formula is C11H12BrFN2O. The molecule has 0 aliphatic heterocycles. The first-order chi connectivity index (χ1) is 7.60. The number of aliphatic hydroxyl groups is 1. The Balaban J connectivity index is 3.04. The van der Waals surface area contributed by atoms with Crippen molar-refractivity contribution >= 4 is 15.9 Å². The second-order valence-corrected chi connectivity index (χ2v) is 4.32. The van der Waals surface area contributed by atoms with Crippen LogP contribution in [0.15, 0.2) is 22.7 Å². The van der Waals surface area contributed by atoms with Gasteiger partial charge in [-0.25, -0.2) is 4.39 Å². The second-order valence-electron chi connectivity index (χ2n) is 3.40. The Morgan fingerprint density at radius 3 is 2.88 bits per heavy atom. The molecule has 0 aliphatic carbocycles. The van der Waals surface area contributed by atoms with Gasteiger partial charge >= 0.3 is 0 Å². The number of hydrogen-bond acceptors (Lipinski definition) is 3. The minimum atomic E-state index is -0.690. The fraction of sp³-hybridized carbons (Fsp3) is 0.364. The van der Waals surface area contributed by atoms with Gasteiger partial charge in [-0.05, 0) is 25.2 Å². The summed E-state index contributed by atoms with van der Waals surface area (Å²) >= 11 is 3.24. The quantitative estimate of drug-likeness (QED) is 0.922. The van der Waals surface area contributed by atoms with Gasteiger partial charge in [0.1, 0.15) is 11.9 Å². The summed E-state index contributed by atoms with van der Waals surface area (Å²) in [5.74, 6) is -0.417. The van der Waals surface area contributed by atoms with Gasteiger partial charge < -0.3 is 5.11 Å². The number of benzene rings is 1. The molecule has 0 aliphatic rings. The molecule has 0 heterocycles. The first-order valence-corrected chi connectivity index (χ1v) is 5.55. The Bertz CT molecular complexity index is 405. The number of rotatable bonds is 4. The minimum Gasteiger partial charge on any atom is -0.395 e. The SMILES string of the molecule is CN(CCO)C(C#N)c1cc(Br)ccc1F. The Morgan fingerprint density at radius 1 is 1.62 bits per heavy atom. The zero-order valence-corrected chi connectivity index (χ0v) is 10.4. The Hall–Kier alpha value is -0.960. The summed E-state index contributed by atoms with van der Waals surface area (Å²) < 4.78 is 14.3. The van der Waals surface area contributed by atoms with E-state index in [4.69, 9.17) is 10.4 Å². The third-order valence-corrected chi connectivity index (χ3v) is 2.76. The molecule has 0 bridgehead atoms. The topological polar surface area (TPSA) is 47.3 Å². The van der Waals surface area contributed by atoms with E-state index >= 15 is 0 Å². The molecule has 0 saturated carbocycles. The lowest BCUT2D eigenvalue weighted by atomic mass is 10.1. The maximum Gasteiger partial charge on any atom is 0.129 e. The lowest BCUT2D eigenvalue weighted by molar-refractivity contribution is 0.201. The van der Waals surface area contributed by atoms with Gasteiger partial charge in [-0.2, -0.15) is 5.26 Å². The normalized spacial score (nSPS) is 12.5. The lowest BCUT2D eigenvalue weighted by Crippen LogP contribution is -2.27. The average molecular weight is 287 g/mol. The minimum absolute atomic E-state index is 0.0652. The molecule has 0 aromatic heterocycles. The molecule has 1 N–H and O–H groups in total. The van der Waals surface area contributed by atoms with Crippen molar-refractivity contribution in [2.75, 3.05) is 20.2 Å². The van der Waals surface area contributed by atoms with Crippen molar-refractivity contribution in [2.24, 2.45) is 0 Å². The highest BCUT2D eigenvalue weighted by molar-refractivity contribution is 9.10. The van der Waals surface area contributed by atoms with Crippen molar-refractivity contribution in [3.8, 4) is 6.07 Å². The molecule has 0 spiro atoms. The molecule has 1 rings (SSSR count). The van der Waals surface area contributed by atoms with E-state index in [1.807, 2.05) is 6.07 Å². The van der Waals surface area contributed by atoms with Crippen LogP contribution in [0.1, 0.15) is 11.6 Å². The highest BCUT2D eigenvalue weighted by Crippen LogP contribution is 2.24. The van der Waals surface area contributed by atoms with Crippen molar-refractivity contribution in [3.05, 3.63) is 34.1 Å². The van der Waals surface area contributed by atoms with Gasteiger partial charge in [-0.3, -0.25) is 4.90 Å². The molecule has 86 valence electrons. The largest absolute Gasteiger partial charge is 0.395 e. The zero-order valence-electron chi connectivity index (χ0n) is 8.82. The van der Waals surface area contributed by atoms with Crippen molar-refractivity contribution < 1.29 is 9.50 Å². The predicted molar refractivity (Wildman–Crippen MR) is 62.2 cm³/mol. The lowest BCUT2D eigenvalue weighted by Gasteiger charge is -2.22. The van der Waals surface area contributed by atoms with E-state index in [-0.39, 0.29) is 6.61 Å². The van der Waals surface area contributed by atoms with E-state index in [0.717, 1.165) is 4.47 Å². The van der Waals surface area contributed by atoms with E-state index in [1.165, 1.54) is 6.07 Å². The Kier molecular flexibility index (Phi) is 4.87. The van der Waals surface area contributed by atoms with Crippen LogP contribution < -0.4 is 0 Å². The monoisotopic (exact) mass is 286 g/mol. The first kappa shape index (κ1) is 13.1. The smallest absolute Gasteiger partial charge is 0.129 e. The van der Waals surface area contributed by atoms with Crippen LogP contribution in [0.25, 0.3) is 0 Å². The maximum absolute atomic E-state index is 13.5. The number of nitriles is 1. The van der Waals surface area contributed by atoms with E-state index in [0.29, 0.717) is 12.1 Å². The van der Waals surface area contributed by atoms with Crippen molar-refractivity contribution in [2.45, 2.75) is 6.04 Å². The van der Waals surface area contributed by atoms with Gasteiger partial charge in [0.25, 0.3) is 0 Å². The first-order valence-electron chi connectivity index (χ1n) is 4.75. The van der Waals surface area contributed by atoms with E-state index < -0.39 is 11.9 Å². The summed E-state index contributed by atoms with van der Waals surface area (Å²) in [6, 6.07) is 5.81. The molecule has 0 radical (unpaired) electrons. The summed E-state index contributed by atoms with van der Waals surface area (Å²) in [5.41, 5.74) is 0.313. The number of hydrogen-bond donors (Lipinski definition) is 1. The summed E-state index contributed by atoms with van der Waals surface area (Å²) in [6.45, 7) is 0.258. The molecule has 1 atom stereocenters. The molecule has 1 unspecified atom stereocenters. The fourth-order valence-electron chi connectivity index (χ4n) is 1.42. The second kappa shape index (κ2) is 5.94. The number of likely N-dealkylation sites (N-methyl/N-ethyl adjacent to an activating group) is 1. The highest BCUT2D eigenvalue weighted by Gasteiger charge is 2.19. The molecule has 5 heteroatoms. The van der Waals surface area contributed by atoms with Crippen molar-refractivity contribution in [1.29, 1.82) is 5.26 Å². The van der Waals surface area contributed by atoms with Crippen LogP contribution in [-0.2, 0) is 0 Å². The van der Waals surface area contributed by atoms with Gasteiger partial charge in [0.15, 0.2) is 0 Å². The van der Waals surface area contributed by atoms with Crippen LogP contribution in [0.5, 0.6) is 0 Å². The van der Waals surface area contributed by atoms with Gasteiger partial charge in [-0.1, -0.05) is 15.9 Å². The van der Waals surface area contributed by atoms with Crippen LogP contribution >= 0.6 is 15.9 Å². The molecule has 1 aromatic rings. The Labute approximate surface area is 102 Å². The number of halogens is 2. The van der Waals surface area contributed by atoms with Crippen LogP contribution in [0, 0.1) is 17.1 Å². The predicted octanol–water partition coefficient (Wildman–Crippen LogP) is 2.08. The van der Waals surface area contributed by atoms with Crippen LogP contribution in [-0.4, -0.2) is 30.2 Å². The van der Waals surface area contributed by atoms with Gasteiger partial charge in [-0.15, -0.1) is 0 Å². The summed E-state index contributed by atoms with van der Waals surface area (Å²) in [6.07, 6.45) is 0. The zero-order chi connectivity index (χ0) is 12.1. The molecule has 1 aromatic carbocycles.